The molecule has 6 heteroatoms. The highest BCUT2D eigenvalue weighted by molar-refractivity contribution is 5.98. The maximum atomic E-state index is 13.0. The number of aryl methyl sites for hydroxylation is 1. The highest BCUT2D eigenvalue weighted by atomic mass is 16.5. The van der Waals surface area contributed by atoms with E-state index in [0.717, 1.165) is 56.6 Å². The van der Waals surface area contributed by atoms with Crippen molar-refractivity contribution in [2.75, 3.05) is 38.7 Å². The molecule has 2 aliphatic rings. The average molecular weight is 388 g/mol. The Morgan fingerprint density at radius 1 is 1.29 bits per heavy atom. The SMILES string of the molecule is COCC1(C(=O)Nc2ccc(C(=O)N3CCCCC3C)cc2C)CCNCC1. The van der Waals surface area contributed by atoms with Gasteiger partial charge in [-0.2, -0.15) is 0 Å². The molecule has 2 amide bonds. The van der Waals surface area contributed by atoms with Gasteiger partial charge in [0.25, 0.3) is 5.91 Å². The van der Waals surface area contributed by atoms with Gasteiger partial charge in [0.1, 0.15) is 0 Å². The lowest BCUT2D eigenvalue weighted by molar-refractivity contribution is -0.130. The van der Waals surface area contributed by atoms with E-state index in [9.17, 15) is 9.59 Å². The standard InChI is InChI=1S/C22H33N3O3/c1-16-14-18(20(26)25-13-5-4-6-17(25)2)7-8-19(16)24-21(27)22(15-28-3)9-11-23-12-10-22/h7-8,14,17,23H,4-6,9-13,15H2,1-3H3,(H,24,27). The number of anilines is 1. The third-order valence-corrected chi connectivity index (χ3v) is 6.25. The minimum atomic E-state index is -0.496. The number of carbonyl (C=O) groups is 2. The molecule has 2 N–H and O–H groups in total. The van der Waals surface area contributed by atoms with E-state index >= 15 is 0 Å². The molecule has 2 heterocycles. The van der Waals surface area contributed by atoms with E-state index in [1.165, 1.54) is 6.42 Å². The van der Waals surface area contributed by atoms with Gasteiger partial charge in [-0.3, -0.25) is 9.59 Å². The zero-order valence-electron chi connectivity index (χ0n) is 17.3. The molecule has 2 fully saturated rings. The number of ether oxygens (including phenoxy) is 1. The Labute approximate surface area is 168 Å². The van der Waals surface area contributed by atoms with Crippen molar-refractivity contribution in [3.63, 3.8) is 0 Å². The van der Waals surface area contributed by atoms with Crippen LogP contribution in [0.3, 0.4) is 0 Å². The monoisotopic (exact) mass is 387 g/mol. The number of hydrogen-bond acceptors (Lipinski definition) is 4. The summed E-state index contributed by atoms with van der Waals surface area (Å²) in [6, 6.07) is 5.87. The van der Waals surface area contributed by atoms with Crippen LogP contribution in [0.1, 0.15) is 54.9 Å². The van der Waals surface area contributed by atoms with Crippen molar-refractivity contribution in [1.29, 1.82) is 0 Å². The van der Waals surface area contributed by atoms with Crippen LogP contribution in [0.15, 0.2) is 18.2 Å². The Morgan fingerprint density at radius 3 is 2.68 bits per heavy atom. The Kier molecular flexibility index (Phi) is 6.73. The molecule has 154 valence electrons. The quantitative estimate of drug-likeness (QED) is 0.815. The molecule has 0 radical (unpaired) electrons. The van der Waals surface area contributed by atoms with Crippen LogP contribution in [-0.2, 0) is 9.53 Å². The lowest BCUT2D eigenvalue weighted by Gasteiger charge is -2.35. The Hall–Kier alpha value is -1.92. The number of nitrogens with zero attached hydrogens (tertiary/aromatic N) is 1. The second kappa shape index (κ2) is 9.05. The summed E-state index contributed by atoms with van der Waals surface area (Å²) in [4.78, 5) is 27.9. The number of methoxy groups -OCH3 is 1. The summed E-state index contributed by atoms with van der Waals surface area (Å²) in [5.74, 6) is 0.0880. The van der Waals surface area contributed by atoms with Crippen LogP contribution >= 0.6 is 0 Å². The van der Waals surface area contributed by atoms with Gasteiger partial charge >= 0.3 is 0 Å². The van der Waals surface area contributed by atoms with Gasteiger partial charge in [0, 0.05) is 30.9 Å². The van der Waals surface area contributed by atoms with Crippen molar-refractivity contribution < 1.29 is 14.3 Å². The van der Waals surface area contributed by atoms with Gasteiger partial charge in [-0.15, -0.1) is 0 Å². The summed E-state index contributed by atoms with van der Waals surface area (Å²) in [5, 5.41) is 6.39. The zero-order chi connectivity index (χ0) is 20.1. The number of likely N-dealkylation sites (tertiary alicyclic amines) is 1. The van der Waals surface area contributed by atoms with Crippen LogP contribution in [0.2, 0.25) is 0 Å². The first-order valence-corrected chi connectivity index (χ1v) is 10.4. The van der Waals surface area contributed by atoms with E-state index < -0.39 is 5.41 Å². The Balaban J connectivity index is 1.73. The van der Waals surface area contributed by atoms with Gasteiger partial charge in [-0.1, -0.05) is 0 Å². The molecule has 2 aliphatic heterocycles. The van der Waals surface area contributed by atoms with Crippen molar-refractivity contribution in [3.8, 4) is 0 Å². The fourth-order valence-corrected chi connectivity index (χ4v) is 4.38. The van der Waals surface area contributed by atoms with Crippen LogP contribution in [0.25, 0.3) is 0 Å². The average Bonchev–Trinajstić information content (AvgIpc) is 2.70. The van der Waals surface area contributed by atoms with E-state index in [0.29, 0.717) is 12.2 Å². The third-order valence-electron chi connectivity index (χ3n) is 6.25. The molecule has 3 rings (SSSR count). The van der Waals surface area contributed by atoms with Crippen LogP contribution in [0.4, 0.5) is 5.69 Å². The third kappa shape index (κ3) is 4.39. The van der Waals surface area contributed by atoms with Gasteiger partial charge in [-0.25, -0.2) is 0 Å². The minimum absolute atomic E-state index is 0.00248. The number of rotatable bonds is 5. The summed E-state index contributed by atoms with van der Waals surface area (Å²) < 4.78 is 5.36. The molecule has 0 saturated carbocycles. The summed E-state index contributed by atoms with van der Waals surface area (Å²) in [7, 11) is 1.64. The van der Waals surface area contributed by atoms with Gasteiger partial charge < -0.3 is 20.3 Å². The van der Waals surface area contributed by atoms with Gasteiger partial charge in [0.05, 0.1) is 12.0 Å². The van der Waals surface area contributed by atoms with Gasteiger partial charge in [-0.05, 0) is 82.8 Å². The molecular weight excluding hydrogens is 354 g/mol. The molecular formula is C22H33N3O3. The lowest BCUT2D eigenvalue weighted by atomic mass is 9.78. The molecule has 1 unspecified atom stereocenters. The molecule has 2 saturated heterocycles. The van der Waals surface area contributed by atoms with E-state index in [1.807, 2.05) is 30.0 Å². The van der Waals surface area contributed by atoms with E-state index in [-0.39, 0.29) is 17.9 Å². The van der Waals surface area contributed by atoms with E-state index in [1.54, 1.807) is 7.11 Å². The predicted octanol–water partition coefficient (Wildman–Crippen LogP) is 2.96. The fourth-order valence-electron chi connectivity index (χ4n) is 4.38. The number of nitrogens with one attached hydrogen (secondary N) is 2. The van der Waals surface area contributed by atoms with Crippen LogP contribution in [-0.4, -0.2) is 56.1 Å². The molecule has 0 bridgehead atoms. The number of carbonyl (C=O) groups excluding carboxylic acids is 2. The molecule has 6 nitrogen and oxygen atoms in total. The topological polar surface area (TPSA) is 70.7 Å². The molecule has 0 aromatic heterocycles. The summed E-state index contributed by atoms with van der Waals surface area (Å²) in [6.45, 7) is 6.94. The van der Waals surface area contributed by atoms with E-state index in [2.05, 4.69) is 17.6 Å². The minimum Gasteiger partial charge on any atom is -0.384 e. The van der Waals surface area contributed by atoms with Crippen LogP contribution < -0.4 is 10.6 Å². The smallest absolute Gasteiger partial charge is 0.254 e. The van der Waals surface area contributed by atoms with Crippen LogP contribution in [0.5, 0.6) is 0 Å². The first-order valence-electron chi connectivity index (χ1n) is 10.4. The second-order valence-electron chi connectivity index (χ2n) is 8.29. The van der Waals surface area contributed by atoms with Crippen LogP contribution in [0, 0.1) is 12.3 Å². The van der Waals surface area contributed by atoms with Crippen molar-refractivity contribution in [2.45, 2.75) is 52.0 Å². The molecule has 0 aliphatic carbocycles. The summed E-state index contributed by atoms with van der Waals surface area (Å²) in [5.41, 5.74) is 1.87. The highest BCUT2D eigenvalue weighted by Crippen LogP contribution is 2.31. The first kappa shape index (κ1) is 20.8. The largest absolute Gasteiger partial charge is 0.384 e. The van der Waals surface area contributed by atoms with Crippen molar-refractivity contribution in [1.82, 2.24) is 10.2 Å². The van der Waals surface area contributed by atoms with Gasteiger partial charge in [0.15, 0.2) is 0 Å². The number of amides is 2. The normalized spacial score (nSPS) is 22.0. The maximum Gasteiger partial charge on any atom is 0.254 e. The zero-order valence-corrected chi connectivity index (χ0v) is 17.3. The second-order valence-corrected chi connectivity index (χ2v) is 8.29. The first-order chi connectivity index (χ1) is 13.5. The maximum absolute atomic E-state index is 13.0. The lowest BCUT2D eigenvalue weighted by Crippen LogP contribution is -2.47. The molecule has 28 heavy (non-hydrogen) atoms. The number of piperidine rings is 2. The number of benzene rings is 1. The summed E-state index contributed by atoms with van der Waals surface area (Å²) >= 11 is 0. The summed E-state index contributed by atoms with van der Waals surface area (Å²) in [6.07, 6.45) is 4.84. The van der Waals surface area contributed by atoms with Crippen molar-refractivity contribution in [3.05, 3.63) is 29.3 Å². The molecule has 1 aromatic carbocycles. The predicted molar refractivity (Wildman–Crippen MR) is 111 cm³/mol. The number of hydrogen-bond donors (Lipinski definition) is 2. The molecule has 1 atom stereocenters. The highest BCUT2D eigenvalue weighted by Gasteiger charge is 2.39. The Bertz CT molecular complexity index is 707. The molecule has 1 aromatic rings. The molecule has 0 spiro atoms. The van der Waals surface area contributed by atoms with E-state index in [4.69, 9.17) is 4.74 Å². The van der Waals surface area contributed by atoms with Crippen molar-refractivity contribution >= 4 is 17.5 Å². The Morgan fingerprint density at radius 2 is 2.04 bits per heavy atom. The van der Waals surface area contributed by atoms with Gasteiger partial charge in [0.2, 0.25) is 5.91 Å². The van der Waals surface area contributed by atoms with Crippen molar-refractivity contribution in [2.24, 2.45) is 5.41 Å². The fraction of sp³-hybridized carbons (Fsp3) is 0.636.